The summed E-state index contributed by atoms with van der Waals surface area (Å²) < 4.78 is 0. The highest BCUT2D eigenvalue weighted by molar-refractivity contribution is 5.96. The van der Waals surface area contributed by atoms with Gasteiger partial charge in [-0.3, -0.25) is 0 Å². The maximum atomic E-state index is 2.40. The molecule has 0 saturated heterocycles. The van der Waals surface area contributed by atoms with Gasteiger partial charge in [-0.1, -0.05) is 115 Å². The first-order valence-corrected chi connectivity index (χ1v) is 13.2. The highest BCUT2D eigenvalue weighted by Gasteiger charge is 2.51. The van der Waals surface area contributed by atoms with Gasteiger partial charge in [0.25, 0.3) is 0 Å². The molecule has 0 amide bonds. The molecule has 0 aromatic heterocycles. The van der Waals surface area contributed by atoms with Crippen LogP contribution >= 0.6 is 0 Å². The van der Waals surface area contributed by atoms with Crippen molar-refractivity contribution in [3.63, 3.8) is 0 Å². The summed E-state index contributed by atoms with van der Waals surface area (Å²) in [6.45, 7) is 0. The third-order valence-electron chi connectivity index (χ3n) is 8.27. The Labute approximate surface area is 223 Å². The zero-order valence-corrected chi connectivity index (χ0v) is 20.9. The quantitative estimate of drug-likeness (QED) is 0.242. The average Bonchev–Trinajstić information content (AvgIpc) is 3.46. The van der Waals surface area contributed by atoms with Crippen molar-refractivity contribution in [2.45, 2.75) is 5.41 Å². The number of benzene rings is 6. The fraction of sp³-hybridized carbons (Fsp3) is 0.0270. The van der Waals surface area contributed by atoms with E-state index in [2.05, 4.69) is 157 Å². The van der Waals surface area contributed by atoms with Crippen molar-refractivity contribution < 1.29 is 0 Å². The van der Waals surface area contributed by atoms with Crippen LogP contribution in [0, 0.1) is 0 Å². The number of fused-ring (bicyclic) bond motifs is 10. The van der Waals surface area contributed by atoms with E-state index >= 15 is 0 Å². The Morgan fingerprint density at radius 1 is 0.316 bits per heavy atom. The van der Waals surface area contributed by atoms with Gasteiger partial charge in [0.2, 0.25) is 0 Å². The first-order valence-electron chi connectivity index (χ1n) is 13.2. The molecule has 0 aliphatic heterocycles. The van der Waals surface area contributed by atoms with E-state index in [9.17, 15) is 0 Å². The molecule has 178 valence electrons. The van der Waals surface area contributed by atoms with E-state index in [1.54, 1.807) is 0 Å². The van der Waals surface area contributed by atoms with Crippen molar-refractivity contribution >= 4 is 17.1 Å². The molecule has 1 nitrogen and oxygen atoms in total. The maximum absolute atomic E-state index is 2.40. The van der Waals surface area contributed by atoms with E-state index in [-0.39, 0.29) is 5.41 Å². The smallest absolute Gasteiger partial charge is 0.0725 e. The summed E-state index contributed by atoms with van der Waals surface area (Å²) in [6, 6.07) is 55.3. The summed E-state index contributed by atoms with van der Waals surface area (Å²) in [5.74, 6) is 0. The number of nitrogens with zero attached hydrogens (tertiary/aromatic N) is 1. The molecule has 8 rings (SSSR count). The number of rotatable bonds is 3. The van der Waals surface area contributed by atoms with Gasteiger partial charge in [0.15, 0.2) is 0 Å². The molecule has 2 aliphatic rings. The van der Waals surface area contributed by atoms with Gasteiger partial charge in [-0.25, -0.2) is 0 Å². The van der Waals surface area contributed by atoms with Crippen molar-refractivity contribution in [3.8, 4) is 22.3 Å². The second kappa shape index (κ2) is 8.06. The minimum absolute atomic E-state index is 0.304. The van der Waals surface area contributed by atoms with Crippen LogP contribution in [0.5, 0.6) is 0 Å². The molecule has 2 aliphatic carbocycles. The third-order valence-corrected chi connectivity index (χ3v) is 8.27. The van der Waals surface area contributed by atoms with Crippen LogP contribution in [0.3, 0.4) is 0 Å². The fourth-order valence-corrected chi connectivity index (χ4v) is 6.83. The molecule has 0 saturated carbocycles. The fourth-order valence-electron chi connectivity index (χ4n) is 6.83. The Kier molecular flexibility index (Phi) is 4.50. The lowest BCUT2D eigenvalue weighted by molar-refractivity contribution is 0.794. The number of hydrogen-bond acceptors (Lipinski definition) is 1. The van der Waals surface area contributed by atoms with Crippen LogP contribution in [0.15, 0.2) is 152 Å². The first kappa shape index (κ1) is 21.2. The standard InChI is InChI=1S/C37H25N/c1-3-13-26(14-4-1)38(27-15-5-2-6-16-27)28-23-24-36-32(25-28)31-19-9-12-22-35(31)37(36)33-20-10-7-17-29(33)30-18-8-11-21-34(30)37/h1-25H. The van der Waals surface area contributed by atoms with Crippen molar-refractivity contribution in [2.24, 2.45) is 0 Å². The Morgan fingerprint density at radius 3 is 1.21 bits per heavy atom. The van der Waals surface area contributed by atoms with E-state index in [0.29, 0.717) is 0 Å². The molecule has 6 aromatic carbocycles. The highest BCUT2D eigenvalue weighted by Crippen LogP contribution is 2.63. The maximum Gasteiger partial charge on any atom is 0.0725 e. The first-order chi connectivity index (χ1) is 18.9. The Hall–Kier alpha value is -4.88. The molecule has 1 heteroatoms. The largest absolute Gasteiger partial charge is 0.310 e. The van der Waals surface area contributed by atoms with Crippen LogP contribution in [-0.2, 0) is 5.41 Å². The summed E-state index contributed by atoms with van der Waals surface area (Å²) in [6.07, 6.45) is 0. The summed E-state index contributed by atoms with van der Waals surface area (Å²) in [7, 11) is 0. The van der Waals surface area contributed by atoms with Gasteiger partial charge >= 0.3 is 0 Å². The van der Waals surface area contributed by atoms with Gasteiger partial charge in [0.05, 0.1) is 5.41 Å². The number of anilines is 3. The second-order valence-corrected chi connectivity index (χ2v) is 10.1. The van der Waals surface area contributed by atoms with Gasteiger partial charge in [-0.2, -0.15) is 0 Å². The minimum atomic E-state index is -0.304. The van der Waals surface area contributed by atoms with Crippen LogP contribution in [-0.4, -0.2) is 0 Å². The van der Waals surface area contributed by atoms with Crippen molar-refractivity contribution in [1.82, 2.24) is 0 Å². The molecule has 0 radical (unpaired) electrons. The second-order valence-electron chi connectivity index (χ2n) is 10.1. The average molecular weight is 484 g/mol. The van der Waals surface area contributed by atoms with E-state index in [4.69, 9.17) is 0 Å². The summed E-state index contributed by atoms with van der Waals surface area (Å²) in [4.78, 5) is 2.35. The molecule has 38 heavy (non-hydrogen) atoms. The predicted molar refractivity (Wildman–Crippen MR) is 157 cm³/mol. The normalized spacial score (nSPS) is 13.5. The van der Waals surface area contributed by atoms with Gasteiger partial charge < -0.3 is 4.90 Å². The lowest BCUT2D eigenvalue weighted by atomic mass is 9.70. The molecule has 0 fully saturated rings. The van der Waals surface area contributed by atoms with Gasteiger partial charge in [0, 0.05) is 17.1 Å². The van der Waals surface area contributed by atoms with E-state index in [1.807, 2.05) is 0 Å². The topological polar surface area (TPSA) is 3.24 Å². The molecule has 1 spiro atoms. The molecule has 6 aromatic rings. The molecule has 0 atom stereocenters. The number of para-hydroxylation sites is 2. The number of hydrogen-bond donors (Lipinski definition) is 0. The van der Waals surface area contributed by atoms with E-state index in [0.717, 1.165) is 17.1 Å². The van der Waals surface area contributed by atoms with Crippen LogP contribution < -0.4 is 4.90 Å². The minimum Gasteiger partial charge on any atom is -0.310 e. The van der Waals surface area contributed by atoms with Crippen molar-refractivity contribution in [1.29, 1.82) is 0 Å². The van der Waals surface area contributed by atoms with Crippen LogP contribution in [0.4, 0.5) is 17.1 Å². The molecule has 0 heterocycles. The molecule has 0 bridgehead atoms. The zero-order valence-electron chi connectivity index (χ0n) is 20.9. The summed E-state index contributed by atoms with van der Waals surface area (Å²) in [5.41, 5.74) is 13.9. The van der Waals surface area contributed by atoms with Crippen molar-refractivity contribution in [3.05, 3.63) is 174 Å². The monoisotopic (exact) mass is 483 g/mol. The lowest BCUT2D eigenvalue weighted by Gasteiger charge is -2.31. The van der Waals surface area contributed by atoms with Crippen LogP contribution in [0.25, 0.3) is 22.3 Å². The Morgan fingerprint density at radius 2 is 0.711 bits per heavy atom. The predicted octanol–water partition coefficient (Wildman–Crippen LogP) is 9.50. The summed E-state index contributed by atoms with van der Waals surface area (Å²) in [5, 5.41) is 0. The molecule has 0 unspecified atom stereocenters. The molecular weight excluding hydrogens is 458 g/mol. The van der Waals surface area contributed by atoms with Gasteiger partial charge in [-0.05, 0) is 80.9 Å². The van der Waals surface area contributed by atoms with Crippen LogP contribution in [0.2, 0.25) is 0 Å². The summed E-state index contributed by atoms with van der Waals surface area (Å²) >= 11 is 0. The SMILES string of the molecule is c1ccc(N(c2ccccc2)c2ccc3c(c2)-c2ccccc2C32c3ccccc3-c3ccccc32)cc1. The van der Waals surface area contributed by atoms with E-state index in [1.165, 1.54) is 44.5 Å². The van der Waals surface area contributed by atoms with Gasteiger partial charge in [0.1, 0.15) is 0 Å². The molecular formula is C37H25N. The highest BCUT2D eigenvalue weighted by atomic mass is 15.1. The third kappa shape index (κ3) is 2.76. The lowest BCUT2D eigenvalue weighted by Crippen LogP contribution is -2.25. The Bertz CT molecular complexity index is 1730. The van der Waals surface area contributed by atoms with Crippen LogP contribution in [0.1, 0.15) is 22.3 Å². The Balaban J connectivity index is 1.42. The van der Waals surface area contributed by atoms with Crippen molar-refractivity contribution in [2.75, 3.05) is 4.90 Å². The van der Waals surface area contributed by atoms with Gasteiger partial charge in [-0.15, -0.1) is 0 Å². The zero-order chi connectivity index (χ0) is 25.1. The van der Waals surface area contributed by atoms with E-state index < -0.39 is 0 Å². The molecule has 0 N–H and O–H groups in total.